The van der Waals surface area contributed by atoms with E-state index in [0.717, 1.165) is 6.26 Å². The Hall–Kier alpha value is -1.64. The van der Waals surface area contributed by atoms with Crippen molar-refractivity contribution in [3.05, 3.63) is 29.1 Å². The van der Waals surface area contributed by atoms with E-state index in [1.165, 1.54) is 7.11 Å². The van der Waals surface area contributed by atoms with Crippen LogP contribution in [0.3, 0.4) is 0 Å². The largest absolute Gasteiger partial charge is 0.494 e. The predicted octanol–water partition coefficient (Wildman–Crippen LogP) is 2.01. The Morgan fingerprint density at radius 3 is 2.76 bits per heavy atom. The molecule has 0 spiro atoms. The fourth-order valence-electron chi connectivity index (χ4n) is 1.78. The van der Waals surface area contributed by atoms with Crippen LogP contribution in [0.4, 0.5) is 0 Å². The summed E-state index contributed by atoms with van der Waals surface area (Å²) in [6, 6.07) is 4.51. The van der Waals surface area contributed by atoms with E-state index in [1.807, 2.05) is 0 Å². The first-order chi connectivity index (χ1) is 9.81. The molecule has 0 saturated heterocycles. The van der Waals surface area contributed by atoms with Gasteiger partial charge in [-0.2, -0.15) is 4.98 Å². The number of para-hydroxylation sites is 1. The second kappa shape index (κ2) is 6.00. The van der Waals surface area contributed by atoms with Crippen molar-refractivity contribution in [2.24, 2.45) is 0 Å². The van der Waals surface area contributed by atoms with Gasteiger partial charge in [-0.25, -0.2) is 13.1 Å². The maximum Gasteiger partial charge on any atom is 0.244 e. The highest BCUT2D eigenvalue weighted by Crippen LogP contribution is 2.34. The van der Waals surface area contributed by atoms with Crippen LogP contribution in [0.25, 0.3) is 11.4 Å². The van der Waals surface area contributed by atoms with E-state index < -0.39 is 16.1 Å². The van der Waals surface area contributed by atoms with Gasteiger partial charge in [0.15, 0.2) is 0 Å². The number of benzene rings is 1. The standard InChI is InChI=1S/C12H14ClN3O4S/c1-7(16-21(3,17)18)12-14-11(15-20-12)8-5-4-6-9(13)10(8)19-2/h4-7,16H,1-3H3. The Kier molecular flexibility index (Phi) is 4.50. The SMILES string of the molecule is COc1c(Cl)cccc1-c1noc(C(C)NS(C)(=O)=O)n1. The minimum Gasteiger partial charge on any atom is -0.494 e. The Morgan fingerprint density at radius 2 is 2.14 bits per heavy atom. The molecule has 0 aliphatic heterocycles. The zero-order valence-electron chi connectivity index (χ0n) is 11.6. The van der Waals surface area contributed by atoms with E-state index in [1.54, 1.807) is 25.1 Å². The Balaban J connectivity index is 2.35. The van der Waals surface area contributed by atoms with Gasteiger partial charge in [0.1, 0.15) is 5.75 Å². The smallest absolute Gasteiger partial charge is 0.244 e. The van der Waals surface area contributed by atoms with Crippen LogP contribution in [-0.4, -0.2) is 31.9 Å². The molecule has 1 N–H and O–H groups in total. The number of hydrogen-bond acceptors (Lipinski definition) is 6. The average molecular weight is 332 g/mol. The molecule has 7 nitrogen and oxygen atoms in total. The second-order valence-corrected chi connectivity index (χ2v) is 6.58. The Morgan fingerprint density at radius 1 is 1.43 bits per heavy atom. The molecule has 1 heterocycles. The van der Waals surface area contributed by atoms with Gasteiger partial charge in [-0.1, -0.05) is 22.8 Å². The van der Waals surface area contributed by atoms with E-state index in [4.69, 9.17) is 20.9 Å². The molecule has 0 bridgehead atoms. The van der Waals surface area contributed by atoms with E-state index in [9.17, 15) is 8.42 Å². The maximum absolute atomic E-state index is 11.2. The molecule has 0 radical (unpaired) electrons. The summed E-state index contributed by atoms with van der Waals surface area (Å²) in [5, 5.41) is 4.25. The van der Waals surface area contributed by atoms with Crippen molar-refractivity contribution in [2.75, 3.05) is 13.4 Å². The molecular weight excluding hydrogens is 318 g/mol. The first-order valence-electron chi connectivity index (χ1n) is 5.95. The number of halogens is 1. The van der Waals surface area contributed by atoms with Crippen molar-refractivity contribution in [1.82, 2.24) is 14.9 Å². The van der Waals surface area contributed by atoms with Gasteiger partial charge in [0.2, 0.25) is 21.7 Å². The lowest BCUT2D eigenvalue weighted by atomic mass is 10.2. The molecule has 9 heteroatoms. The van der Waals surface area contributed by atoms with Crippen LogP contribution in [0.15, 0.2) is 22.7 Å². The number of hydrogen-bond donors (Lipinski definition) is 1. The van der Waals surface area contributed by atoms with Crippen LogP contribution in [0.5, 0.6) is 5.75 Å². The highest BCUT2D eigenvalue weighted by Gasteiger charge is 2.20. The number of sulfonamides is 1. The number of methoxy groups -OCH3 is 1. The molecular formula is C12H14ClN3O4S. The fourth-order valence-corrected chi connectivity index (χ4v) is 2.78. The number of aromatic nitrogens is 2. The first kappa shape index (κ1) is 15.7. The van der Waals surface area contributed by atoms with E-state index in [0.29, 0.717) is 16.3 Å². The van der Waals surface area contributed by atoms with Crippen LogP contribution in [0.2, 0.25) is 5.02 Å². The minimum absolute atomic E-state index is 0.150. The molecule has 2 rings (SSSR count). The lowest BCUT2D eigenvalue weighted by molar-refractivity contribution is 0.353. The van der Waals surface area contributed by atoms with E-state index >= 15 is 0 Å². The fraction of sp³-hybridized carbons (Fsp3) is 0.333. The molecule has 0 fully saturated rings. The highest BCUT2D eigenvalue weighted by atomic mass is 35.5. The van der Waals surface area contributed by atoms with E-state index in [-0.39, 0.29) is 11.7 Å². The van der Waals surface area contributed by atoms with Gasteiger partial charge >= 0.3 is 0 Å². The quantitative estimate of drug-likeness (QED) is 0.900. The van der Waals surface area contributed by atoms with Gasteiger partial charge in [0, 0.05) is 0 Å². The zero-order valence-corrected chi connectivity index (χ0v) is 13.2. The monoisotopic (exact) mass is 331 g/mol. The Labute approximate surface area is 127 Å². The summed E-state index contributed by atoms with van der Waals surface area (Å²) < 4.78 is 35.1. The molecule has 21 heavy (non-hydrogen) atoms. The van der Waals surface area contributed by atoms with Crippen molar-refractivity contribution in [3.63, 3.8) is 0 Å². The number of nitrogens with zero attached hydrogens (tertiary/aromatic N) is 2. The molecule has 1 unspecified atom stereocenters. The van der Waals surface area contributed by atoms with Crippen LogP contribution < -0.4 is 9.46 Å². The van der Waals surface area contributed by atoms with Crippen molar-refractivity contribution in [2.45, 2.75) is 13.0 Å². The van der Waals surface area contributed by atoms with Gasteiger partial charge in [-0.05, 0) is 19.1 Å². The summed E-state index contributed by atoms with van der Waals surface area (Å²) in [5.74, 6) is 0.846. The lowest BCUT2D eigenvalue weighted by Crippen LogP contribution is -2.25. The number of rotatable bonds is 5. The highest BCUT2D eigenvalue weighted by molar-refractivity contribution is 7.88. The van der Waals surface area contributed by atoms with Gasteiger partial charge in [0.25, 0.3) is 0 Å². The van der Waals surface area contributed by atoms with Crippen molar-refractivity contribution in [1.29, 1.82) is 0 Å². The Bertz CT molecular complexity index is 745. The van der Waals surface area contributed by atoms with Crippen LogP contribution >= 0.6 is 11.6 Å². The molecule has 0 amide bonds. The lowest BCUT2D eigenvalue weighted by Gasteiger charge is -2.07. The van der Waals surface area contributed by atoms with Crippen LogP contribution in [0.1, 0.15) is 18.9 Å². The zero-order chi connectivity index (χ0) is 15.6. The topological polar surface area (TPSA) is 94.3 Å². The second-order valence-electron chi connectivity index (χ2n) is 4.39. The van der Waals surface area contributed by atoms with E-state index in [2.05, 4.69) is 14.9 Å². The summed E-state index contributed by atoms with van der Waals surface area (Å²) in [4.78, 5) is 4.17. The summed E-state index contributed by atoms with van der Waals surface area (Å²) in [5.41, 5.74) is 0.562. The van der Waals surface area contributed by atoms with Crippen molar-refractivity contribution < 1.29 is 17.7 Å². The molecule has 1 aromatic heterocycles. The molecule has 2 aromatic rings. The minimum atomic E-state index is -3.37. The third-order valence-electron chi connectivity index (χ3n) is 2.62. The molecule has 1 atom stereocenters. The molecule has 0 aliphatic rings. The average Bonchev–Trinajstić information content (AvgIpc) is 2.86. The molecule has 114 valence electrons. The van der Waals surface area contributed by atoms with Crippen LogP contribution in [0, 0.1) is 0 Å². The third kappa shape index (κ3) is 3.72. The van der Waals surface area contributed by atoms with Crippen LogP contribution in [-0.2, 0) is 10.0 Å². The van der Waals surface area contributed by atoms with Crippen molar-refractivity contribution >= 4 is 21.6 Å². The maximum atomic E-state index is 11.2. The third-order valence-corrected chi connectivity index (χ3v) is 3.69. The normalized spacial score (nSPS) is 13.1. The van der Waals surface area contributed by atoms with Gasteiger partial charge in [-0.3, -0.25) is 0 Å². The molecule has 0 aliphatic carbocycles. The van der Waals surface area contributed by atoms with Gasteiger partial charge in [0.05, 0.1) is 30.0 Å². The number of ether oxygens (including phenoxy) is 1. The summed E-state index contributed by atoms with van der Waals surface area (Å²) >= 11 is 6.03. The summed E-state index contributed by atoms with van der Waals surface area (Å²) in [6.07, 6.45) is 1.06. The summed E-state index contributed by atoms with van der Waals surface area (Å²) in [6.45, 7) is 1.60. The predicted molar refractivity (Wildman–Crippen MR) is 77.7 cm³/mol. The molecule has 0 saturated carbocycles. The summed E-state index contributed by atoms with van der Waals surface area (Å²) in [7, 11) is -1.88. The molecule has 1 aromatic carbocycles. The number of nitrogens with one attached hydrogen (secondary N) is 1. The van der Waals surface area contributed by atoms with Crippen molar-refractivity contribution in [3.8, 4) is 17.1 Å². The van der Waals surface area contributed by atoms with Gasteiger partial charge < -0.3 is 9.26 Å². The first-order valence-corrected chi connectivity index (χ1v) is 8.22. The van der Waals surface area contributed by atoms with Gasteiger partial charge in [-0.15, -0.1) is 0 Å².